The summed E-state index contributed by atoms with van der Waals surface area (Å²) in [5.74, 6) is -0.377. The first-order chi connectivity index (χ1) is 10.0. The number of carbonyl (C=O) groups excluding carboxylic acids is 1. The summed E-state index contributed by atoms with van der Waals surface area (Å²) in [5.41, 5.74) is 0.402. The van der Waals surface area contributed by atoms with Gasteiger partial charge in [-0.15, -0.1) is 0 Å². The van der Waals surface area contributed by atoms with Crippen LogP contribution >= 0.6 is 0 Å². The molecule has 0 bridgehead atoms. The van der Waals surface area contributed by atoms with Gasteiger partial charge in [0.1, 0.15) is 0 Å². The molecule has 1 aromatic carbocycles. The number of ketones is 1. The van der Waals surface area contributed by atoms with Crippen LogP contribution in [0.3, 0.4) is 0 Å². The lowest BCUT2D eigenvalue weighted by Gasteiger charge is -2.39. The number of likely N-dealkylation sites (N-methyl/N-ethyl adjacent to an activating group) is 1. The van der Waals surface area contributed by atoms with Gasteiger partial charge in [-0.25, -0.2) is 4.39 Å². The Morgan fingerprint density at radius 1 is 1.43 bits per heavy atom. The minimum absolute atomic E-state index is 0.0475. The number of ether oxygens (including phenoxy) is 1. The fourth-order valence-corrected chi connectivity index (χ4v) is 2.82. The predicted molar refractivity (Wildman–Crippen MR) is 80.4 cm³/mol. The quantitative estimate of drug-likeness (QED) is 0.778. The van der Waals surface area contributed by atoms with Gasteiger partial charge in [-0.05, 0) is 31.7 Å². The first-order valence-electron chi connectivity index (χ1n) is 7.38. The highest BCUT2D eigenvalue weighted by Crippen LogP contribution is 2.18. The summed E-state index contributed by atoms with van der Waals surface area (Å²) in [6.07, 6.45) is 0. The lowest BCUT2D eigenvalue weighted by atomic mass is 10.1. The van der Waals surface area contributed by atoms with Crippen molar-refractivity contribution in [3.8, 4) is 5.75 Å². The molecule has 0 amide bonds. The zero-order valence-electron chi connectivity index (χ0n) is 12.9. The van der Waals surface area contributed by atoms with E-state index < -0.39 is 5.82 Å². The third-order valence-electron chi connectivity index (χ3n) is 4.10. The van der Waals surface area contributed by atoms with E-state index in [0.717, 1.165) is 26.2 Å². The number of benzene rings is 1. The molecule has 21 heavy (non-hydrogen) atoms. The van der Waals surface area contributed by atoms with Crippen LogP contribution in [0.5, 0.6) is 5.75 Å². The maximum atomic E-state index is 13.7. The Kier molecular flexibility index (Phi) is 5.31. The maximum Gasteiger partial charge on any atom is 0.176 e. The maximum absolute atomic E-state index is 13.7. The number of carbonyl (C=O) groups is 1. The fraction of sp³-hybridized carbons (Fsp3) is 0.562. The van der Waals surface area contributed by atoms with E-state index in [1.807, 2.05) is 0 Å². The number of rotatable bonds is 5. The Morgan fingerprint density at radius 2 is 2.19 bits per heavy atom. The largest absolute Gasteiger partial charge is 0.494 e. The van der Waals surface area contributed by atoms with Crippen molar-refractivity contribution in [2.45, 2.75) is 19.9 Å². The number of nitrogens with zero attached hydrogens (tertiary/aromatic N) is 2. The normalized spacial score (nSPS) is 20.5. The second-order valence-corrected chi connectivity index (χ2v) is 5.49. The van der Waals surface area contributed by atoms with Gasteiger partial charge >= 0.3 is 0 Å². The molecule has 0 aliphatic carbocycles. The SMILES string of the molecule is CCN1CCN(CC(=O)c2ccc(OC)c(F)c2)CC1C. The number of Topliss-reactive ketones (excluding diaryl/α,β-unsaturated/α-hetero) is 1. The Hall–Kier alpha value is -1.46. The van der Waals surface area contributed by atoms with Crippen molar-refractivity contribution in [3.05, 3.63) is 29.6 Å². The van der Waals surface area contributed by atoms with Gasteiger partial charge in [0, 0.05) is 31.2 Å². The predicted octanol–water partition coefficient (Wildman–Crippen LogP) is 2.04. The second-order valence-electron chi connectivity index (χ2n) is 5.49. The van der Waals surface area contributed by atoms with Crippen LogP contribution in [-0.2, 0) is 0 Å². The van der Waals surface area contributed by atoms with Crippen molar-refractivity contribution in [2.75, 3.05) is 39.8 Å². The third-order valence-corrected chi connectivity index (χ3v) is 4.10. The van der Waals surface area contributed by atoms with Crippen LogP contribution in [0, 0.1) is 5.82 Å². The molecule has 1 saturated heterocycles. The summed E-state index contributed by atoms with van der Waals surface area (Å²) in [5, 5.41) is 0. The summed E-state index contributed by atoms with van der Waals surface area (Å²) in [4.78, 5) is 16.8. The molecule has 4 nitrogen and oxygen atoms in total. The lowest BCUT2D eigenvalue weighted by molar-refractivity contribution is 0.0723. The molecule has 1 aliphatic heterocycles. The van der Waals surface area contributed by atoms with Crippen molar-refractivity contribution >= 4 is 5.78 Å². The van der Waals surface area contributed by atoms with Gasteiger partial charge in [0.2, 0.25) is 0 Å². The Balaban J connectivity index is 1.97. The number of methoxy groups -OCH3 is 1. The molecule has 0 spiro atoms. The van der Waals surface area contributed by atoms with Crippen LogP contribution < -0.4 is 4.74 Å². The van der Waals surface area contributed by atoms with E-state index in [4.69, 9.17) is 4.74 Å². The van der Waals surface area contributed by atoms with Crippen molar-refractivity contribution in [3.63, 3.8) is 0 Å². The summed E-state index contributed by atoms with van der Waals surface area (Å²) < 4.78 is 18.5. The van der Waals surface area contributed by atoms with Gasteiger partial charge in [0.15, 0.2) is 17.3 Å². The van der Waals surface area contributed by atoms with Crippen molar-refractivity contribution in [2.24, 2.45) is 0 Å². The zero-order chi connectivity index (χ0) is 15.4. The first kappa shape index (κ1) is 15.9. The average Bonchev–Trinajstić information content (AvgIpc) is 2.47. The molecule has 2 rings (SSSR count). The van der Waals surface area contributed by atoms with Gasteiger partial charge in [-0.2, -0.15) is 0 Å². The molecule has 1 aromatic rings. The minimum Gasteiger partial charge on any atom is -0.494 e. The molecule has 1 aliphatic rings. The third kappa shape index (κ3) is 3.80. The summed E-state index contributed by atoms with van der Waals surface area (Å²) in [6, 6.07) is 4.83. The molecule has 116 valence electrons. The van der Waals surface area contributed by atoms with Crippen molar-refractivity contribution < 1.29 is 13.9 Å². The van der Waals surface area contributed by atoms with Gasteiger partial charge in [0.25, 0.3) is 0 Å². The fourth-order valence-electron chi connectivity index (χ4n) is 2.82. The molecule has 1 unspecified atom stereocenters. The molecular weight excluding hydrogens is 271 g/mol. The Labute approximate surface area is 125 Å². The second kappa shape index (κ2) is 7.00. The van der Waals surface area contributed by atoms with Crippen LogP contribution in [0.4, 0.5) is 4.39 Å². The van der Waals surface area contributed by atoms with E-state index in [9.17, 15) is 9.18 Å². The zero-order valence-corrected chi connectivity index (χ0v) is 12.9. The summed E-state index contributed by atoms with van der Waals surface area (Å²) in [6.45, 7) is 8.42. The monoisotopic (exact) mass is 294 g/mol. The van der Waals surface area contributed by atoms with E-state index in [0.29, 0.717) is 18.2 Å². The first-order valence-corrected chi connectivity index (χ1v) is 7.38. The van der Waals surface area contributed by atoms with Gasteiger partial charge < -0.3 is 4.74 Å². The average molecular weight is 294 g/mol. The Morgan fingerprint density at radius 3 is 2.76 bits per heavy atom. The number of hydrogen-bond acceptors (Lipinski definition) is 4. The van der Waals surface area contributed by atoms with Gasteiger partial charge in [0.05, 0.1) is 13.7 Å². The topological polar surface area (TPSA) is 32.8 Å². The van der Waals surface area contributed by atoms with E-state index in [1.165, 1.54) is 19.2 Å². The van der Waals surface area contributed by atoms with Crippen molar-refractivity contribution in [1.29, 1.82) is 0 Å². The van der Waals surface area contributed by atoms with Gasteiger partial charge in [-0.3, -0.25) is 14.6 Å². The van der Waals surface area contributed by atoms with E-state index in [-0.39, 0.29) is 11.5 Å². The molecule has 1 atom stereocenters. The Bertz CT molecular complexity index is 507. The molecule has 5 heteroatoms. The summed E-state index contributed by atoms with van der Waals surface area (Å²) in [7, 11) is 1.41. The molecule has 0 saturated carbocycles. The van der Waals surface area contributed by atoms with Crippen molar-refractivity contribution in [1.82, 2.24) is 9.80 Å². The van der Waals surface area contributed by atoms with Crippen LogP contribution in [0.1, 0.15) is 24.2 Å². The van der Waals surface area contributed by atoms with Crippen LogP contribution in [-0.4, -0.2) is 61.5 Å². The van der Waals surface area contributed by atoms with E-state index in [1.54, 1.807) is 6.07 Å². The van der Waals surface area contributed by atoms with Crippen LogP contribution in [0.25, 0.3) is 0 Å². The smallest absolute Gasteiger partial charge is 0.176 e. The molecular formula is C16H23FN2O2. The minimum atomic E-state index is -0.493. The number of hydrogen-bond donors (Lipinski definition) is 0. The summed E-state index contributed by atoms with van der Waals surface area (Å²) >= 11 is 0. The van der Waals surface area contributed by atoms with Crippen LogP contribution in [0.15, 0.2) is 18.2 Å². The van der Waals surface area contributed by atoms with E-state index in [2.05, 4.69) is 23.6 Å². The van der Waals surface area contributed by atoms with E-state index >= 15 is 0 Å². The molecule has 1 fully saturated rings. The standard InChI is InChI=1S/C16H23FN2O2/c1-4-19-8-7-18(10-12(19)2)11-15(20)13-5-6-16(21-3)14(17)9-13/h5-6,9,12H,4,7-8,10-11H2,1-3H3. The number of piperazine rings is 1. The highest BCUT2D eigenvalue weighted by Gasteiger charge is 2.24. The molecule has 0 aromatic heterocycles. The number of halogens is 1. The molecule has 0 radical (unpaired) electrons. The lowest BCUT2D eigenvalue weighted by Crippen LogP contribution is -2.52. The molecule has 0 N–H and O–H groups in total. The molecule has 1 heterocycles. The van der Waals surface area contributed by atoms with Gasteiger partial charge in [-0.1, -0.05) is 6.92 Å². The highest BCUT2D eigenvalue weighted by molar-refractivity contribution is 5.97. The highest BCUT2D eigenvalue weighted by atomic mass is 19.1. The van der Waals surface area contributed by atoms with Crippen LogP contribution in [0.2, 0.25) is 0 Å².